The van der Waals surface area contributed by atoms with Crippen LogP contribution in [0.15, 0.2) is 224 Å². The molecule has 0 N–H and O–H groups in total. The molecule has 11 aromatic rings. The number of hydrogen-bond acceptors (Lipinski definition) is 0. The fourth-order valence-corrected chi connectivity index (χ4v) is 15.9. The van der Waals surface area contributed by atoms with Gasteiger partial charge in [0.1, 0.15) is 0 Å². The number of para-hydroxylation sites is 2. The molecule has 1 aliphatic carbocycles. The quantitative estimate of drug-likeness (QED) is 0.107. The van der Waals surface area contributed by atoms with Crippen LogP contribution in [-0.2, 0) is 0 Å². The van der Waals surface area contributed by atoms with Crippen LogP contribution in [0, 0.1) is 0 Å². The van der Waals surface area contributed by atoms with Gasteiger partial charge in [-0.1, -0.05) is 195 Å². The maximum atomic E-state index is 2.50. The Morgan fingerprint density at radius 2 is 0.825 bits per heavy atom. The predicted octanol–water partition coefficient (Wildman–Crippen LogP) is 13.0. The molecule has 0 bridgehead atoms. The summed E-state index contributed by atoms with van der Waals surface area (Å²) in [5, 5.41) is 10.7. The molecule has 12 rings (SSSR count). The summed E-state index contributed by atoms with van der Waals surface area (Å²) in [6, 6.07) is 84.3. The lowest BCUT2D eigenvalue weighted by molar-refractivity contribution is 0.444. The van der Waals surface area contributed by atoms with E-state index in [9.17, 15) is 0 Å². The lowest BCUT2D eigenvalue weighted by Gasteiger charge is -2.34. The molecular formula is C60H48N2Si. The van der Waals surface area contributed by atoms with Gasteiger partial charge in [-0.05, 0) is 105 Å². The fourth-order valence-electron chi connectivity index (χ4n) is 11.1. The van der Waals surface area contributed by atoms with Crippen LogP contribution in [0.3, 0.4) is 0 Å². The first kappa shape index (κ1) is 37.5. The Morgan fingerprint density at radius 1 is 0.317 bits per heavy atom. The van der Waals surface area contributed by atoms with Crippen LogP contribution >= 0.6 is 0 Å². The Morgan fingerprint density at radius 3 is 1.46 bits per heavy atom. The van der Waals surface area contributed by atoms with Crippen molar-refractivity contribution >= 4 is 72.4 Å². The summed E-state index contributed by atoms with van der Waals surface area (Å²) in [4.78, 5) is 0. The maximum Gasteiger partial charge on any atom is 0.179 e. The van der Waals surface area contributed by atoms with Crippen molar-refractivity contribution in [1.29, 1.82) is 0 Å². The summed E-state index contributed by atoms with van der Waals surface area (Å²) >= 11 is 0. The molecule has 0 amide bonds. The molecule has 2 aromatic heterocycles. The Labute approximate surface area is 370 Å². The third-order valence-electron chi connectivity index (χ3n) is 14.1. The summed E-state index contributed by atoms with van der Waals surface area (Å²) in [7, 11) is -2.66. The van der Waals surface area contributed by atoms with Gasteiger partial charge in [-0.25, -0.2) is 0 Å². The van der Waals surface area contributed by atoms with E-state index < -0.39 is 8.07 Å². The third kappa shape index (κ3) is 6.21. The molecule has 1 saturated carbocycles. The van der Waals surface area contributed by atoms with Gasteiger partial charge in [-0.3, -0.25) is 0 Å². The molecule has 0 unspecified atom stereocenters. The number of rotatable bonds is 8. The van der Waals surface area contributed by atoms with E-state index in [4.69, 9.17) is 0 Å². The first-order valence-corrected chi connectivity index (χ1v) is 24.7. The highest BCUT2D eigenvalue weighted by Crippen LogP contribution is 2.40. The van der Waals surface area contributed by atoms with Gasteiger partial charge in [0.15, 0.2) is 8.07 Å². The second-order valence-electron chi connectivity index (χ2n) is 17.5. The summed E-state index contributed by atoms with van der Waals surface area (Å²) in [6.07, 6.45) is 6.66. The van der Waals surface area contributed by atoms with Crippen molar-refractivity contribution in [2.75, 3.05) is 0 Å². The Kier molecular flexibility index (Phi) is 9.30. The van der Waals surface area contributed by atoms with Gasteiger partial charge in [0.25, 0.3) is 0 Å². The molecule has 302 valence electrons. The van der Waals surface area contributed by atoms with Crippen LogP contribution in [0.2, 0.25) is 0 Å². The lowest BCUT2D eigenvalue weighted by atomic mass is 9.84. The molecular weight excluding hydrogens is 777 g/mol. The van der Waals surface area contributed by atoms with E-state index >= 15 is 0 Å². The topological polar surface area (TPSA) is 9.86 Å². The molecule has 1 aliphatic rings. The first-order valence-electron chi connectivity index (χ1n) is 22.7. The van der Waals surface area contributed by atoms with Crippen molar-refractivity contribution in [1.82, 2.24) is 9.13 Å². The number of aromatic nitrogens is 2. The van der Waals surface area contributed by atoms with Crippen molar-refractivity contribution in [2.45, 2.75) is 38.0 Å². The molecule has 0 aliphatic heterocycles. The third-order valence-corrected chi connectivity index (χ3v) is 18.8. The highest BCUT2D eigenvalue weighted by atomic mass is 28.3. The molecule has 0 spiro atoms. The average molecular weight is 825 g/mol. The van der Waals surface area contributed by atoms with Crippen LogP contribution in [-0.4, -0.2) is 17.2 Å². The van der Waals surface area contributed by atoms with Crippen molar-refractivity contribution in [2.24, 2.45) is 0 Å². The van der Waals surface area contributed by atoms with Gasteiger partial charge in [-0.15, -0.1) is 0 Å². The Balaban J connectivity index is 0.982. The van der Waals surface area contributed by atoms with Gasteiger partial charge in [0.2, 0.25) is 0 Å². The molecule has 2 heterocycles. The highest BCUT2D eigenvalue weighted by Gasteiger charge is 2.41. The van der Waals surface area contributed by atoms with E-state index in [0.29, 0.717) is 5.92 Å². The number of hydrogen-bond donors (Lipinski definition) is 0. The number of fused-ring (bicyclic) bond motifs is 6. The van der Waals surface area contributed by atoms with Gasteiger partial charge < -0.3 is 9.13 Å². The molecule has 2 nitrogen and oxygen atoms in total. The number of benzene rings is 9. The molecule has 0 radical (unpaired) electrons. The normalized spacial score (nSPS) is 13.7. The van der Waals surface area contributed by atoms with E-state index in [1.165, 1.54) is 119 Å². The zero-order valence-corrected chi connectivity index (χ0v) is 36.4. The van der Waals surface area contributed by atoms with Crippen molar-refractivity contribution < 1.29 is 0 Å². The fraction of sp³-hybridized carbons (Fsp3) is 0.100. The molecule has 1 fully saturated rings. The molecule has 3 heteroatoms. The van der Waals surface area contributed by atoms with E-state index in [1.807, 2.05) is 0 Å². The summed E-state index contributed by atoms with van der Waals surface area (Å²) in [5.41, 5.74) is 11.2. The minimum absolute atomic E-state index is 0.668. The zero-order chi connectivity index (χ0) is 41.7. The zero-order valence-electron chi connectivity index (χ0n) is 35.4. The Bertz CT molecular complexity index is 3320. The average Bonchev–Trinajstić information content (AvgIpc) is 3.88. The van der Waals surface area contributed by atoms with Crippen molar-refractivity contribution in [3.05, 3.63) is 230 Å². The summed E-state index contributed by atoms with van der Waals surface area (Å²) in [6.45, 7) is 0. The Hall–Kier alpha value is -7.20. The second kappa shape index (κ2) is 15.6. The van der Waals surface area contributed by atoms with Crippen LogP contribution in [0.5, 0.6) is 0 Å². The summed E-state index contributed by atoms with van der Waals surface area (Å²) in [5.74, 6) is 0.668. The molecule has 0 atom stereocenters. The smallest absolute Gasteiger partial charge is 0.179 e. The van der Waals surface area contributed by atoms with Crippen LogP contribution in [0.1, 0.15) is 43.6 Å². The van der Waals surface area contributed by atoms with E-state index in [-0.39, 0.29) is 0 Å². The van der Waals surface area contributed by atoms with Gasteiger partial charge in [-0.2, -0.15) is 0 Å². The van der Waals surface area contributed by atoms with Crippen LogP contribution in [0.4, 0.5) is 0 Å². The largest absolute Gasteiger partial charge is 0.309 e. The molecule has 0 saturated heterocycles. The van der Waals surface area contributed by atoms with Crippen LogP contribution < -0.4 is 20.7 Å². The van der Waals surface area contributed by atoms with Crippen LogP contribution in [0.25, 0.3) is 66.1 Å². The summed E-state index contributed by atoms with van der Waals surface area (Å²) < 4.78 is 4.94. The monoisotopic (exact) mass is 824 g/mol. The minimum atomic E-state index is -2.66. The second-order valence-corrected chi connectivity index (χ2v) is 21.3. The van der Waals surface area contributed by atoms with Gasteiger partial charge in [0.05, 0.1) is 22.1 Å². The van der Waals surface area contributed by atoms with E-state index in [2.05, 4.69) is 234 Å². The van der Waals surface area contributed by atoms with Crippen molar-refractivity contribution in [3.63, 3.8) is 0 Å². The number of nitrogens with zero attached hydrogens (tertiary/aromatic N) is 2. The maximum absolute atomic E-state index is 2.66. The van der Waals surface area contributed by atoms with Gasteiger partial charge in [0, 0.05) is 32.9 Å². The van der Waals surface area contributed by atoms with E-state index in [1.54, 1.807) is 0 Å². The highest BCUT2D eigenvalue weighted by molar-refractivity contribution is 7.19. The predicted molar refractivity (Wildman–Crippen MR) is 270 cm³/mol. The molecule has 9 aromatic carbocycles. The van der Waals surface area contributed by atoms with E-state index in [0.717, 1.165) is 5.69 Å². The SMILES string of the molecule is c1ccc([Si](c2ccccc2)(c2ccccc2)c2cccc(-c3ccc(-n4c5ccccc5c5ccc(-n6c7ccccc7c7cc(C8CCCCC8)ccc76)cc54)cc3)c2)cc1. The minimum Gasteiger partial charge on any atom is -0.309 e. The molecule has 63 heavy (non-hydrogen) atoms. The van der Waals surface area contributed by atoms with Crippen molar-refractivity contribution in [3.8, 4) is 22.5 Å². The first-order chi connectivity index (χ1) is 31.3. The lowest BCUT2D eigenvalue weighted by Crippen LogP contribution is -2.74. The standard InChI is InChI=1S/C60H48N2Si/c1-5-18-43(19-6-1)46-34-39-59-56(41-46)54-29-14-16-31-58(54)62(59)48-37-38-55-53-28-13-15-30-57(53)61(60(55)42-48)47-35-32-44(33-36-47)45-20-17-27-52(40-45)63(49-21-7-2-8-22-49,50-23-9-3-10-24-50)51-25-11-4-12-26-51/h2-4,7-17,20-43H,1,5-6,18-19H2. The van der Waals surface area contributed by atoms with Gasteiger partial charge >= 0.3 is 0 Å².